The van der Waals surface area contributed by atoms with Gasteiger partial charge in [0.05, 0.1) is 11.2 Å². The average molecular weight is 404 g/mol. The minimum atomic E-state index is 0.588. The summed E-state index contributed by atoms with van der Waals surface area (Å²) < 4.78 is 11.4. The van der Waals surface area contributed by atoms with Crippen LogP contribution in [0.25, 0.3) is 22.2 Å². The second kappa shape index (κ2) is 8.92. The summed E-state index contributed by atoms with van der Waals surface area (Å²) in [5, 5.41) is 8.37. The summed E-state index contributed by atoms with van der Waals surface area (Å²) in [5.41, 5.74) is 4.14. The molecule has 0 aliphatic carbocycles. The van der Waals surface area contributed by atoms with E-state index in [1.807, 2.05) is 18.2 Å². The van der Waals surface area contributed by atoms with Crippen molar-refractivity contribution in [3.05, 3.63) is 48.5 Å². The van der Waals surface area contributed by atoms with E-state index in [0.717, 1.165) is 51.8 Å². The fourth-order valence-electron chi connectivity index (χ4n) is 4.46. The van der Waals surface area contributed by atoms with Crippen LogP contribution in [-0.2, 0) is 0 Å². The topological polar surface area (TPSA) is 55.4 Å². The first-order valence-corrected chi connectivity index (χ1v) is 11.1. The zero-order valence-electron chi connectivity index (χ0n) is 17.3. The number of nitrogens with zero attached hydrogens (tertiary/aromatic N) is 1. The fourth-order valence-corrected chi connectivity index (χ4v) is 4.46. The number of hydrogen-bond donors (Lipinski definition) is 2. The number of fused-ring (bicyclic) bond motifs is 2. The summed E-state index contributed by atoms with van der Waals surface area (Å²) in [5.74, 6) is 2.42. The molecule has 3 aromatic rings. The van der Waals surface area contributed by atoms with Gasteiger partial charge < -0.3 is 20.1 Å². The van der Waals surface area contributed by atoms with Gasteiger partial charge in [-0.3, -0.25) is 0 Å². The van der Waals surface area contributed by atoms with Crippen molar-refractivity contribution in [2.24, 2.45) is 5.92 Å². The Morgan fingerprint density at radius 3 is 2.83 bits per heavy atom. The Labute approximate surface area is 177 Å². The predicted octanol–water partition coefficient (Wildman–Crippen LogP) is 4.86. The van der Waals surface area contributed by atoms with Gasteiger partial charge in [-0.25, -0.2) is 4.98 Å². The van der Waals surface area contributed by atoms with Crippen LogP contribution < -0.4 is 20.1 Å². The van der Waals surface area contributed by atoms with Crippen molar-refractivity contribution in [3.8, 4) is 22.8 Å². The van der Waals surface area contributed by atoms with Crippen molar-refractivity contribution in [2.45, 2.75) is 25.7 Å². The molecule has 5 nitrogen and oxygen atoms in total. The van der Waals surface area contributed by atoms with E-state index in [-0.39, 0.29) is 0 Å². The summed E-state index contributed by atoms with van der Waals surface area (Å²) in [7, 11) is 0. The fraction of sp³-hybridized carbons (Fsp3) is 0.400. The van der Waals surface area contributed by atoms with Gasteiger partial charge in [0.25, 0.3) is 0 Å². The molecular weight excluding hydrogens is 374 g/mol. The van der Waals surface area contributed by atoms with Gasteiger partial charge in [-0.05, 0) is 75.0 Å². The lowest BCUT2D eigenvalue weighted by Crippen LogP contribution is -2.29. The normalized spacial score (nSPS) is 18.3. The highest BCUT2D eigenvalue weighted by Crippen LogP contribution is 2.36. The minimum absolute atomic E-state index is 0.588. The first-order valence-electron chi connectivity index (χ1n) is 11.1. The minimum Gasteiger partial charge on any atom is -0.486 e. The van der Waals surface area contributed by atoms with E-state index in [9.17, 15) is 0 Å². The Kier molecular flexibility index (Phi) is 5.71. The van der Waals surface area contributed by atoms with E-state index in [2.05, 4.69) is 41.0 Å². The average Bonchev–Trinajstić information content (AvgIpc) is 2.82. The first-order chi connectivity index (χ1) is 14.9. The summed E-state index contributed by atoms with van der Waals surface area (Å²) in [4.78, 5) is 4.91. The number of para-hydroxylation sites is 1. The second-order valence-electron chi connectivity index (χ2n) is 8.21. The van der Waals surface area contributed by atoms with Crippen LogP contribution in [0.3, 0.4) is 0 Å². The number of pyridine rings is 1. The highest BCUT2D eigenvalue weighted by molar-refractivity contribution is 5.93. The molecule has 2 aliphatic heterocycles. The maximum absolute atomic E-state index is 5.77. The van der Waals surface area contributed by atoms with E-state index < -0.39 is 0 Å². The molecule has 5 rings (SSSR count). The molecular formula is C25H29N3O2. The molecule has 1 unspecified atom stereocenters. The number of hydrogen-bond acceptors (Lipinski definition) is 5. The molecule has 30 heavy (non-hydrogen) atoms. The second-order valence-corrected chi connectivity index (χ2v) is 8.21. The zero-order chi connectivity index (χ0) is 20.2. The highest BCUT2D eigenvalue weighted by atomic mass is 16.6. The van der Waals surface area contributed by atoms with Crippen molar-refractivity contribution >= 4 is 16.6 Å². The molecule has 3 heterocycles. The van der Waals surface area contributed by atoms with Crippen LogP contribution in [0.1, 0.15) is 25.7 Å². The Bertz CT molecular complexity index is 1010. The van der Waals surface area contributed by atoms with Crippen molar-refractivity contribution in [1.82, 2.24) is 10.3 Å². The van der Waals surface area contributed by atoms with Crippen LogP contribution in [0.4, 0.5) is 5.69 Å². The molecule has 2 N–H and O–H groups in total. The van der Waals surface area contributed by atoms with Crippen LogP contribution in [0.5, 0.6) is 11.5 Å². The highest BCUT2D eigenvalue weighted by Gasteiger charge is 2.15. The van der Waals surface area contributed by atoms with Gasteiger partial charge in [0.1, 0.15) is 13.2 Å². The Morgan fingerprint density at radius 1 is 1.03 bits per heavy atom. The molecule has 5 heteroatoms. The summed E-state index contributed by atoms with van der Waals surface area (Å²) >= 11 is 0. The van der Waals surface area contributed by atoms with Crippen LogP contribution in [0.2, 0.25) is 0 Å². The molecule has 0 saturated carbocycles. The number of ether oxygens (including phenoxy) is 2. The molecule has 0 amide bonds. The standard InChI is InChI=1S/C25H29N3O2/c1-2-8-21-20(7-1)23(27-12-4-6-18-5-3-11-26-17-18)16-22(28-21)19-9-10-24-25(15-19)30-14-13-29-24/h1-2,7-10,15-16,18,26H,3-6,11-14,17H2,(H,27,28). The number of aromatic nitrogens is 1. The number of nitrogens with one attached hydrogen (secondary N) is 2. The van der Waals surface area contributed by atoms with E-state index in [4.69, 9.17) is 14.5 Å². The van der Waals surface area contributed by atoms with E-state index in [1.54, 1.807) is 0 Å². The lowest BCUT2D eigenvalue weighted by atomic mass is 9.95. The van der Waals surface area contributed by atoms with Crippen molar-refractivity contribution in [1.29, 1.82) is 0 Å². The SMILES string of the molecule is c1ccc2c(NCCCC3CCCNC3)cc(-c3ccc4c(c3)OCCO4)nc2c1. The smallest absolute Gasteiger partial charge is 0.162 e. The Balaban J connectivity index is 1.36. The molecule has 1 atom stereocenters. The molecule has 156 valence electrons. The van der Waals surface area contributed by atoms with Crippen molar-refractivity contribution in [2.75, 3.05) is 38.2 Å². The third-order valence-electron chi connectivity index (χ3n) is 6.06. The molecule has 1 fully saturated rings. The van der Waals surface area contributed by atoms with Gasteiger partial charge in [-0.2, -0.15) is 0 Å². The van der Waals surface area contributed by atoms with Crippen LogP contribution in [0, 0.1) is 5.92 Å². The molecule has 0 radical (unpaired) electrons. The van der Waals surface area contributed by atoms with Crippen molar-refractivity contribution in [3.63, 3.8) is 0 Å². The molecule has 2 aromatic carbocycles. The molecule has 0 bridgehead atoms. The predicted molar refractivity (Wildman–Crippen MR) is 121 cm³/mol. The first kappa shape index (κ1) is 19.2. The maximum atomic E-state index is 5.77. The van der Waals surface area contributed by atoms with Gasteiger partial charge in [-0.15, -0.1) is 0 Å². The zero-order valence-corrected chi connectivity index (χ0v) is 17.3. The van der Waals surface area contributed by atoms with Gasteiger partial charge in [0.15, 0.2) is 11.5 Å². The number of benzene rings is 2. The number of anilines is 1. The number of rotatable bonds is 6. The van der Waals surface area contributed by atoms with Crippen LogP contribution in [-0.4, -0.2) is 37.8 Å². The van der Waals surface area contributed by atoms with E-state index >= 15 is 0 Å². The summed E-state index contributed by atoms with van der Waals surface area (Å²) in [6.07, 6.45) is 5.13. The lowest BCUT2D eigenvalue weighted by Gasteiger charge is -2.22. The quantitative estimate of drug-likeness (QED) is 0.576. The number of piperidine rings is 1. The van der Waals surface area contributed by atoms with Crippen LogP contribution >= 0.6 is 0 Å². The third-order valence-corrected chi connectivity index (χ3v) is 6.06. The van der Waals surface area contributed by atoms with Gasteiger partial charge in [0.2, 0.25) is 0 Å². The van der Waals surface area contributed by atoms with E-state index in [1.165, 1.54) is 38.8 Å². The monoisotopic (exact) mass is 403 g/mol. The van der Waals surface area contributed by atoms with Gasteiger partial charge in [0, 0.05) is 23.2 Å². The molecule has 2 aliphatic rings. The maximum Gasteiger partial charge on any atom is 0.162 e. The Hall–Kier alpha value is -2.79. The largest absolute Gasteiger partial charge is 0.486 e. The van der Waals surface area contributed by atoms with Crippen LogP contribution in [0.15, 0.2) is 48.5 Å². The Morgan fingerprint density at radius 2 is 1.93 bits per heavy atom. The van der Waals surface area contributed by atoms with E-state index in [0.29, 0.717) is 13.2 Å². The van der Waals surface area contributed by atoms with Gasteiger partial charge >= 0.3 is 0 Å². The molecule has 1 aromatic heterocycles. The molecule has 0 spiro atoms. The summed E-state index contributed by atoms with van der Waals surface area (Å²) in [6.45, 7) is 4.52. The van der Waals surface area contributed by atoms with Crippen molar-refractivity contribution < 1.29 is 9.47 Å². The van der Waals surface area contributed by atoms with Gasteiger partial charge in [-0.1, -0.05) is 18.2 Å². The summed E-state index contributed by atoms with van der Waals surface area (Å²) in [6, 6.07) is 16.6. The lowest BCUT2D eigenvalue weighted by molar-refractivity contribution is 0.171. The molecule has 1 saturated heterocycles. The third kappa shape index (κ3) is 4.21.